The van der Waals surface area contributed by atoms with Crippen LogP contribution in [0.4, 0.5) is 13.2 Å². The van der Waals surface area contributed by atoms with Crippen molar-refractivity contribution in [1.29, 1.82) is 0 Å². The first kappa shape index (κ1) is 25.1. The Kier molecular flexibility index (Phi) is 6.31. The summed E-state index contributed by atoms with van der Waals surface area (Å²) in [5.74, 6) is 0.399. The molecule has 0 bridgehead atoms. The fourth-order valence-electron chi connectivity index (χ4n) is 4.13. The average Bonchev–Trinajstić information content (AvgIpc) is 3.52. The SMILES string of the molecule is O=S(=O)(CC1CC1)c1ccc(C(O)c2nc3c(Cl)c(-c4ccccc4C(F)(F)F)c(Cl)cc3[nH]2)cc1. The van der Waals surface area contributed by atoms with Gasteiger partial charge >= 0.3 is 6.18 Å². The van der Waals surface area contributed by atoms with E-state index in [0.29, 0.717) is 11.1 Å². The highest BCUT2D eigenvalue weighted by molar-refractivity contribution is 7.91. The molecule has 0 spiro atoms. The van der Waals surface area contributed by atoms with Gasteiger partial charge in [-0.3, -0.25) is 0 Å². The number of aromatic amines is 1. The lowest BCUT2D eigenvalue weighted by atomic mass is 9.98. The zero-order chi connectivity index (χ0) is 25.8. The molecule has 1 fully saturated rings. The highest BCUT2D eigenvalue weighted by atomic mass is 35.5. The molecule has 0 radical (unpaired) electrons. The summed E-state index contributed by atoms with van der Waals surface area (Å²) in [6, 6.07) is 12.2. The summed E-state index contributed by atoms with van der Waals surface area (Å²) < 4.78 is 65.7. The Bertz CT molecular complexity index is 1560. The second-order valence-electron chi connectivity index (χ2n) is 8.81. The van der Waals surface area contributed by atoms with Gasteiger partial charge in [0.05, 0.1) is 31.8 Å². The number of hydrogen-bond acceptors (Lipinski definition) is 4. The number of rotatable bonds is 6. The van der Waals surface area contributed by atoms with Crippen molar-refractivity contribution in [1.82, 2.24) is 9.97 Å². The van der Waals surface area contributed by atoms with Crippen LogP contribution in [-0.4, -0.2) is 29.2 Å². The predicted molar refractivity (Wildman–Crippen MR) is 132 cm³/mol. The van der Waals surface area contributed by atoms with E-state index in [2.05, 4.69) is 9.97 Å². The van der Waals surface area contributed by atoms with Crippen LogP contribution in [-0.2, 0) is 16.0 Å². The van der Waals surface area contributed by atoms with E-state index in [-0.39, 0.29) is 49.1 Å². The van der Waals surface area contributed by atoms with Crippen molar-refractivity contribution in [2.45, 2.75) is 30.0 Å². The van der Waals surface area contributed by atoms with Gasteiger partial charge in [-0.15, -0.1) is 0 Å². The number of nitrogens with one attached hydrogen (secondary N) is 1. The van der Waals surface area contributed by atoms with E-state index in [1.165, 1.54) is 48.5 Å². The Morgan fingerprint density at radius 1 is 1.08 bits per heavy atom. The van der Waals surface area contributed by atoms with Crippen molar-refractivity contribution in [2.75, 3.05) is 5.75 Å². The average molecular weight is 555 g/mol. The lowest BCUT2D eigenvalue weighted by molar-refractivity contribution is -0.137. The minimum Gasteiger partial charge on any atom is -0.380 e. The Balaban J connectivity index is 1.51. The van der Waals surface area contributed by atoms with Gasteiger partial charge < -0.3 is 10.1 Å². The third kappa shape index (κ3) is 4.72. The molecule has 188 valence electrons. The van der Waals surface area contributed by atoms with Crippen LogP contribution in [0.5, 0.6) is 0 Å². The highest BCUT2D eigenvalue weighted by Crippen LogP contribution is 2.45. The van der Waals surface area contributed by atoms with Crippen LogP contribution in [0.25, 0.3) is 22.2 Å². The quantitative estimate of drug-likeness (QED) is 0.274. The molecule has 4 aromatic rings. The van der Waals surface area contributed by atoms with Crippen molar-refractivity contribution < 1.29 is 26.7 Å². The summed E-state index contributed by atoms with van der Waals surface area (Å²) in [7, 11) is -3.40. The van der Waals surface area contributed by atoms with Crippen LogP contribution in [0.2, 0.25) is 10.0 Å². The van der Waals surface area contributed by atoms with Crippen LogP contribution < -0.4 is 0 Å². The van der Waals surface area contributed by atoms with Crippen molar-refractivity contribution >= 4 is 44.1 Å². The molecule has 1 saturated carbocycles. The molecule has 5 rings (SSSR count). The first-order chi connectivity index (χ1) is 17.0. The Labute approximate surface area is 214 Å². The number of H-pyrrole nitrogens is 1. The first-order valence-corrected chi connectivity index (χ1v) is 13.4. The van der Waals surface area contributed by atoms with E-state index in [1.54, 1.807) is 0 Å². The van der Waals surface area contributed by atoms with Gasteiger partial charge in [0.25, 0.3) is 0 Å². The molecule has 1 atom stereocenters. The fourth-order valence-corrected chi connectivity index (χ4v) is 6.53. The zero-order valence-electron chi connectivity index (χ0n) is 18.5. The summed E-state index contributed by atoms with van der Waals surface area (Å²) in [6.45, 7) is 0. The standard InChI is InChI=1S/C25H19Cl2F3N2O3S/c26-18-11-19-22(21(27)20(18)16-3-1-2-4-17(16)25(28,29)30)32-24(31-19)23(33)14-7-9-15(10-8-14)36(34,35)12-13-5-6-13/h1-4,7-11,13,23,33H,5-6,12H2,(H,31,32). The molecule has 1 heterocycles. The van der Waals surface area contributed by atoms with Crippen molar-refractivity contribution in [3.05, 3.63) is 81.6 Å². The van der Waals surface area contributed by atoms with E-state index in [4.69, 9.17) is 23.2 Å². The van der Waals surface area contributed by atoms with Crippen molar-refractivity contribution in [2.24, 2.45) is 5.92 Å². The summed E-state index contributed by atoms with van der Waals surface area (Å²) in [5.41, 5.74) is -0.238. The topological polar surface area (TPSA) is 83.1 Å². The minimum absolute atomic E-state index is 0.0147. The maximum Gasteiger partial charge on any atom is 0.417 e. The van der Waals surface area contributed by atoms with Gasteiger partial charge in [0, 0.05) is 5.56 Å². The zero-order valence-corrected chi connectivity index (χ0v) is 20.8. The van der Waals surface area contributed by atoms with Crippen LogP contribution in [0.1, 0.15) is 35.9 Å². The lowest BCUT2D eigenvalue weighted by Crippen LogP contribution is -2.09. The lowest BCUT2D eigenvalue weighted by Gasteiger charge is -2.15. The number of sulfone groups is 1. The van der Waals surface area contributed by atoms with Gasteiger partial charge in [-0.25, -0.2) is 13.4 Å². The number of hydrogen-bond donors (Lipinski definition) is 2. The van der Waals surface area contributed by atoms with E-state index in [1.807, 2.05) is 0 Å². The molecular formula is C25H19Cl2F3N2O3S. The van der Waals surface area contributed by atoms with Gasteiger partial charge in [-0.05, 0) is 54.2 Å². The second-order valence-corrected chi connectivity index (χ2v) is 11.6. The normalized spacial score (nSPS) is 15.4. The molecule has 1 aliphatic carbocycles. The number of aliphatic hydroxyl groups excluding tert-OH is 1. The number of aliphatic hydroxyl groups is 1. The van der Waals surface area contributed by atoms with Crippen LogP contribution in [0.15, 0.2) is 59.5 Å². The Morgan fingerprint density at radius 2 is 1.75 bits per heavy atom. The largest absolute Gasteiger partial charge is 0.417 e. The minimum atomic E-state index is -4.62. The van der Waals surface area contributed by atoms with E-state index in [0.717, 1.165) is 18.9 Å². The fraction of sp³-hybridized carbons (Fsp3) is 0.240. The molecule has 0 saturated heterocycles. The molecule has 1 aromatic heterocycles. The maximum atomic E-state index is 13.6. The van der Waals surface area contributed by atoms with Crippen molar-refractivity contribution in [3.8, 4) is 11.1 Å². The van der Waals surface area contributed by atoms with Gasteiger partial charge in [-0.2, -0.15) is 13.2 Å². The number of benzene rings is 3. The van der Waals surface area contributed by atoms with Gasteiger partial charge in [-0.1, -0.05) is 53.5 Å². The monoisotopic (exact) mass is 554 g/mol. The summed E-state index contributed by atoms with van der Waals surface area (Å²) >= 11 is 12.9. The summed E-state index contributed by atoms with van der Waals surface area (Å²) in [5, 5.41) is 10.8. The number of alkyl halides is 3. The second kappa shape index (κ2) is 9.06. The van der Waals surface area contributed by atoms with Gasteiger partial charge in [0.1, 0.15) is 17.4 Å². The molecule has 3 aromatic carbocycles. The number of aromatic nitrogens is 2. The van der Waals surface area contributed by atoms with Gasteiger partial charge in [0.2, 0.25) is 0 Å². The number of halogens is 5. The molecule has 0 amide bonds. The molecule has 1 aliphatic rings. The Hall–Kier alpha value is -2.59. The maximum absolute atomic E-state index is 13.6. The summed E-state index contributed by atoms with van der Waals surface area (Å²) in [4.78, 5) is 7.42. The van der Waals surface area contributed by atoms with E-state index >= 15 is 0 Å². The highest BCUT2D eigenvalue weighted by Gasteiger charge is 2.35. The predicted octanol–water partition coefficient (Wildman–Crippen LogP) is 6.82. The van der Waals surface area contributed by atoms with Crippen LogP contribution in [0, 0.1) is 5.92 Å². The Morgan fingerprint density at radius 3 is 2.39 bits per heavy atom. The van der Waals surface area contributed by atoms with E-state index in [9.17, 15) is 26.7 Å². The summed E-state index contributed by atoms with van der Waals surface area (Å²) in [6.07, 6.45) is -4.06. The third-order valence-electron chi connectivity index (χ3n) is 6.16. The molecule has 2 N–H and O–H groups in total. The smallest absolute Gasteiger partial charge is 0.380 e. The molecule has 36 heavy (non-hydrogen) atoms. The molecule has 11 heteroatoms. The molecule has 1 unspecified atom stereocenters. The number of fused-ring (bicyclic) bond motifs is 1. The first-order valence-electron chi connectivity index (χ1n) is 11.0. The van der Waals surface area contributed by atoms with Crippen LogP contribution >= 0.6 is 23.2 Å². The van der Waals surface area contributed by atoms with Crippen molar-refractivity contribution in [3.63, 3.8) is 0 Å². The third-order valence-corrected chi connectivity index (χ3v) is 8.72. The number of nitrogens with zero attached hydrogens (tertiary/aromatic N) is 1. The molecule has 0 aliphatic heterocycles. The molecule has 5 nitrogen and oxygen atoms in total. The van der Waals surface area contributed by atoms with Crippen LogP contribution in [0.3, 0.4) is 0 Å². The number of imidazole rings is 1. The van der Waals surface area contributed by atoms with E-state index < -0.39 is 27.7 Å². The molecular weight excluding hydrogens is 536 g/mol. The van der Waals surface area contributed by atoms with Gasteiger partial charge in [0.15, 0.2) is 9.84 Å².